The third-order valence-electron chi connectivity index (χ3n) is 4.76. The second-order valence-corrected chi connectivity index (χ2v) is 5.92. The first kappa shape index (κ1) is 12.2. The van der Waals surface area contributed by atoms with Gasteiger partial charge in [0.2, 0.25) is 5.96 Å². The minimum absolute atomic E-state index is 0.401. The van der Waals surface area contributed by atoms with Crippen LogP contribution in [0.5, 0.6) is 0 Å². The molecule has 20 heavy (non-hydrogen) atoms. The van der Waals surface area contributed by atoms with Crippen molar-refractivity contribution in [1.29, 1.82) is 0 Å². The zero-order chi connectivity index (χ0) is 13.5. The van der Waals surface area contributed by atoms with E-state index in [-0.39, 0.29) is 0 Å². The molecule has 0 radical (unpaired) electrons. The van der Waals surface area contributed by atoms with Crippen molar-refractivity contribution < 1.29 is 0 Å². The number of guanidine groups is 1. The maximum Gasteiger partial charge on any atom is 0.207 e. The van der Waals surface area contributed by atoms with Gasteiger partial charge in [0.05, 0.1) is 24.1 Å². The molecule has 0 aromatic heterocycles. The van der Waals surface area contributed by atoms with E-state index in [1.165, 1.54) is 43.7 Å². The van der Waals surface area contributed by atoms with Gasteiger partial charge in [0.1, 0.15) is 0 Å². The molecule has 0 aliphatic carbocycles. The predicted octanol–water partition coefficient (Wildman–Crippen LogP) is 2.51. The van der Waals surface area contributed by atoms with Gasteiger partial charge >= 0.3 is 0 Å². The molecule has 1 aromatic carbocycles. The fraction of sp³-hybridized carbons (Fsp3) is 0.562. The van der Waals surface area contributed by atoms with E-state index in [1.807, 2.05) is 0 Å². The van der Waals surface area contributed by atoms with Crippen LogP contribution < -0.4 is 9.80 Å². The highest BCUT2D eigenvalue weighted by Crippen LogP contribution is 2.40. The third-order valence-corrected chi connectivity index (χ3v) is 4.76. The predicted molar refractivity (Wildman–Crippen MR) is 83.5 cm³/mol. The quantitative estimate of drug-likeness (QED) is 0.824. The summed E-state index contributed by atoms with van der Waals surface area (Å²) in [6.45, 7) is 6.70. The summed E-state index contributed by atoms with van der Waals surface area (Å²) in [5, 5.41) is 0. The summed E-state index contributed by atoms with van der Waals surface area (Å²) in [5.74, 6) is 1.16. The van der Waals surface area contributed by atoms with Crippen molar-refractivity contribution in [3.8, 4) is 0 Å². The van der Waals surface area contributed by atoms with Crippen molar-refractivity contribution in [2.45, 2.75) is 32.4 Å². The van der Waals surface area contributed by atoms with Crippen molar-refractivity contribution in [3.63, 3.8) is 0 Å². The van der Waals surface area contributed by atoms with Gasteiger partial charge in [0.15, 0.2) is 0 Å². The van der Waals surface area contributed by atoms with E-state index in [1.54, 1.807) is 0 Å². The Balaban J connectivity index is 1.69. The molecule has 1 fully saturated rings. The van der Waals surface area contributed by atoms with E-state index in [9.17, 15) is 0 Å². The van der Waals surface area contributed by atoms with Gasteiger partial charge in [0.25, 0.3) is 0 Å². The van der Waals surface area contributed by atoms with Gasteiger partial charge in [-0.05, 0) is 31.9 Å². The number of rotatable bonds is 2. The molecule has 0 spiro atoms. The molecule has 0 bridgehead atoms. The van der Waals surface area contributed by atoms with Crippen molar-refractivity contribution in [2.24, 2.45) is 4.99 Å². The smallest absolute Gasteiger partial charge is 0.207 e. The normalized spacial score (nSPS) is 23.6. The first-order valence-corrected chi connectivity index (χ1v) is 7.80. The van der Waals surface area contributed by atoms with Crippen molar-refractivity contribution in [1.82, 2.24) is 4.90 Å². The van der Waals surface area contributed by atoms with Crippen LogP contribution in [0, 0.1) is 0 Å². The van der Waals surface area contributed by atoms with Gasteiger partial charge in [-0.25, -0.2) is 0 Å². The molecule has 0 N–H and O–H groups in total. The summed E-state index contributed by atoms with van der Waals surface area (Å²) in [5.41, 5.74) is 2.65. The maximum absolute atomic E-state index is 4.75. The number of para-hydroxylation sites is 2. The lowest BCUT2D eigenvalue weighted by Gasteiger charge is -2.38. The van der Waals surface area contributed by atoms with Gasteiger partial charge in [-0.15, -0.1) is 0 Å². The fourth-order valence-electron chi connectivity index (χ4n) is 3.70. The van der Waals surface area contributed by atoms with Crippen LogP contribution in [0.1, 0.15) is 26.2 Å². The molecule has 0 amide bonds. The Morgan fingerprint density at radius 3 is 2.55 bits per heavy atom. The summed E-state index contributed by atoms with van der Waals surface area (Å²) >= 11 is 0. The Hall–Kier alpha value is -1.55. The number of benzene rings is 1. The third kappa shape index (κ3) is 1.74. The lowest BCUT2D eigenvalue weighted by Crippen LogP contribution is -2.51. The number of hydrogen-bond donors (Lipinski definition) is 0. The number of fused-ring (bicyclic) bond motifs is 3. The number of piperidine rings is 1. The number of anilines is 2. The average Bonchev–Trinajstić information content (AvgIpc) is 3.08. The highest BCUT2D eigenvalue weighted by Gasteiger charge is 2.39. The highest BCUT2D eigenvalue weighted by molar-refractivity contribution is 6.17. The monoisotopic (exact) mass is 270 g/mol. The lowest BCUT2D eigenvalue weighted by atomic mass is 10.1. The van der Waals surface area contributed by atoms with Crippen LogP contribution in [0.2, 0.25) is 0 Å². The number of hydrogen-bond acceptors (Lipinski definition) is 4. The molecule has 0 saturated carbocycles. The zero-order valence-electron chi connectivity index (χ0n) is 12.1. The van der Waals surface area contributed by atoms with Crippen LogP contribution in [0.25, 0.3) is 0 Å². The summed E-state index contributed by atoms with van der Waals surface area (Å²) < 4.78 is 0. The molecular formula is C16H22N4. The molecule has 4 rings (SSSR count). The zero-order valence-corrected chi connectivity index (χ0v) is 12.1. The van der Waals surface area contributed by atoms with E-state index >= 15 is 0 Å². The van der Waals surface area contributed by atoms with Gasteiger partial charge in [-0.2, -0.15) is 0 Å². The molecular weight excluding hydrogens is 248 g/mol. The Kier molecular flexibility index (Phi) is 2.91. The minimum atomic E-state index is 0.401. The molecule has 1 saturated heterocycles. The first-order valence-electron chi connectivity index (χ1n) is 7.80. The number of likely N-dealkylation sites (tertiary alicyclic amines) is 1. The van der Waals surface area contributed by atoms with Gasteiger partial charge in [-0.3, -0.25) is 14.8 Å². The lowest BCUT2D eigenvalue weighted by molar-refractivity contribution is 0.179. The van der Waals surface area contributed by atoms with Crippen LogP contribution in [0.3, 0.4) is 0 Å². The summed E-state index contributed by atoms with van der Waals surface area (Å²) in [6.07, 6.45) is 4.44. The Morgan fingerprint density at radius 2 is 1.75 bits per heavy atom. The molecule has 3 aliphatic heterocycles. The van der Waals surface area contributed by atoms with Crippen LogP contribution in [0.15, 0.2) is 29.3 Å². The van der Waals surface area contributed by atoms with Gasteiger partial charge < -0.3 is 4.90 Å². The topological polar surface area (TPSA) is 22.1 Å². The van der Waals surface area contributed by atoms with Crippen LogP contribution in [-0.2, 0) is 0 Å². The molecule has 1 atom stereocenters. The van der Waals surface area contributed by atoms with Gasteiger partial charge in [-0.1, -0.05) is 18.6 Å². The molecule has 4 heteroatoms. The molecule has 1 unspecified atom stereocenters. The SMILES string of the molecule is CC(N1CCCCC1)N1C2=NCCN2c2ccccc21. The molecule has 3 aliphatic rings. The molecule has 3 heterocycles. The average molecular weight is 270 g/mol. The minimum Gasteiger partial charge on any atom is -0.308 e. The fourth-order valence-corrected chi connectivity index (χ4v) is 3.70. The van der Waals surface area contributed by atoms with Crippen LogP contribution >= 0.6 is 0 Å². The van der Waals surface area contributed by atoms with E-state index in [4.69, 9.17) is 4.99 Å². The Morgan fingerprint density at radius 1 is 1.00 bits per heavy atom. The second kappa shape index (κ2) is 4.77. The van der Waals surface area contributed by atoms with Crippen molar-refractivity contribution in [3.05, 3.63) is 24.3 Å². The molecule has 106 valence electrons. The number of aliphatic imine (C=N–C) groups is 1. The van der Waals surface area contributed by atoms with E-state index in [2.05, 4.69) is 45.9 Å². The van der Waals surface area contributed by atoms with Gasteiger partial charge in [0, 0.05) is 19.6 Å². The van der Waals surface area contributed by atoms with E-state index < -0.39 is 0 Å². The first-order chi connectivity index (χ1) is 9.86. The van der Waals surface area contributed by atoms with Crippen molar-refractivity contribution >= 4 is 17.3 Å². The van der Waals surface area contributed by atoms with E-state index in [0.717, 1.165) is 19.0 Å². The standard InChI is InChI=1S/C16H22N4/c1-13(18-10-5-2-6-11-18)20-15-8-4-3-7-14(15)19-12-9-17-16(19)20/h3-4,7-8,13H,2,5-6,9-12H2,1H3. The summed E-state index contributed by atoms with van der Waals surface area (Å²) in [7, 11) is 0. The molecule has 1 aromatic rings. The Labute approximate surface area is 120 Å². The summed E-state index contributed by atoms with van der Waals surface area (Å²) in [6, 6.07) is 8.72. The molecule has 4 nitrogen and oxygen atoms in total. The summed E-state index contributed by atoms with van der Waals surface area (Å²) in [4.78, 5) is 12.2. The van der Waals surface area contributed by atoms with Crippen LogP contribution in [0.4, 0.5) is 11.4 Å². The van der Waals surface area contributed by atoms with Crippen LogP contribution in [-0.4, -0.2) is 43.2 Å². The highest BCUT2D eigenvalue weighted by atomic mass is 15.5. The largest absolute Gasteiger partial charge is 0.308 e. The van der Waals surface area contributed by atoms with E-state index in [0.29, 0.717) is 6.17 Å². The second-order valence-electron chi connectivity index (χ2n) is 5.92. The number of nitrogens with zero attached hydrogens (tertiary/aromatic N) is 4. The maximum atomic E-state index is 4.75. The Bertz CT molecular complexity index is 533. The van der Waals surface area contributed by atoms with Crippen molar-refractivity contribution in [2.75, 3.05) is 36.0 Å².